The first kappa shape index (κ1) is 18.5. The van der Waals surface area contributed by atoms with E-state index in [0.717, 1.165) is 22.6 Å². The summed E-state index contributed by atoms with van der Waals surface area (Å²) in [6, 6.07) is 13.7. The lowest BCUT2D eigenvalue weighted by Gasteiger charge is -2.11. The van der Waals surface area contributed by atoms with Crippen LogP contribution in [0.3, 0.4) is 0 Å². The fourth-order valence-corrected chi connectivity index (χ4v) is 3.58. The van der Waals surface area contributed by atoms with Gasteiger partial charge in [-0.2, -0.15) is 0 Å². The summed E-state index contributed by atoms with van der Waals surface area (Å²) < 4.78 is 12.0. The minimum atomic E-state index is -0.159. The Morgan fingerprint density at radius 1 is 1.12 bits per heavy atom. The van der Waals surface area contributed by atoms with E-state index >= 15 is 0 Å². The molecule has 4 nitrogen and oxygen atoms in total. The number of carbonyl (C=O) groups is 1. The Kier molecular flexibility index (Phi) is 5.96. The number of hydrogen-bond acceptors (Lipinski definition) is 5. The normalized spacial score (nSPS) is 15.2. The molecule has 134 valence electrons. The molecule has 1 amide bonds. The van der Waals surface area contributed by atoms with Gasteiger partial charge in [-0.25, -0.2) is 0 Å². The van der Waals surface area contributed by atoms with E-state index in [9.17, 15) is 4.79 Å². The highest BCUT2D eigenvalue weighted by atomic mass is 32.2. The third-order valence-electron chi connectivity index (χ3n) is 3.74. The third kappa shape index (κ3) is 4.86. The Labute approximate surface area is 162 Å². The predicted octanol–water partition coefficient (Wildman–Crippen LogP) is 4.25. The lowest BCUT2D eigenvalue weighted by molar-refractivity contribution is -0.115. The van der Waals surface area contributed by atoms with Crippen LogP contribution in [0.4, 0.5) is 0 Å². The molecule has 0 spiro atoms. The van der Waals surface area contributed by atoms with Gasteiger partial charge in [0.05, 0.1) is 4.91 Å². The molecule has 1 fully saturated rings. The molecule has 0 atom stereocenters. The van der Waals surface area contributed by atoms with Crippen molar-refractivity contribution in [1.82, 2.24) is 5.32 Å². The number of hydrogen-bond donors (Lipinski definition) is 1. The van der Waals surface area contributed by atoms with Crippen molar-refractivity contribution in [3.05, 3.63) is 64.1 Å². The van der Waals surface area contributed by atoms with Crippen molar-refractivity contribution >= 4 is 40.3 Å². The van der Waals surface area contributed by atoms with Gasteiger partial charge < -0.3 is 14.8 Å². The topological polar surface area (TPSA) is 47.6 Å². The number of carbonyl (C=O) groups excluding carboxylic acids is 1. The van der Waals surface area contributed by atoms with Gasteiger partial charge in [0.2, 0.25) is 0 Å². The van der Waals surface area contributed by atoms with Gasteiger partial charge in [0.15, 0.2) is 0 Å². The summed E-state index contributed by atoms with van der Waals surface area (Å²) >= 11 is 6.26. The van der Waals surface area contributed by atoms with Gasteiger partial charge in [0.25, 0.3) is 5.91 Å². The largest absolute Gasteiger partial charge is 0.490 e. The maximum Gasteiger partial charge on any atom is 0.263 e. The summed E-state index contributed by atoms with van der Waals surface area (Å²) in [6.45, 7) is 4.99. The smallest absolute Gasteiger partial charge is 0.263 e. The summed E-state index contributed by atoms with van der Waals surface area (Å²) in [7, 11) is 0. The fourth-order valence-electron chi connectivity index (χ4n) is 2.54. The molecule has 0 aliphatic carbocycles. The van der Waals surface area contributed by atoms with E-state index in [2.05, 4.69) is 18.3 Å². The molecule has 1 aliphatic heterocycles. The average Bonchev–Trinajstić information content (AvgIpc) is 2.91. The van der Waals surface area contributed by atoms with Crippen molar-refractivity contribution < 1.29 is 14.3 Å². The second kappa shape index (κ2) is 8.38. The van der Waals surface area contributed by atoms with Crippen LogP contribution >= 0.6 is 24.0 Å². The molecule has 0 radical (unpaired) electrons. The van der Waals surface area contributed by atoms with Crippen LogP contribution in [-0.2, 0) is 4.79 Å². The summed E-state index contributed by atoms with van der Waals surface area (Å²) in [4.78, 5) is 12.3. The predicted molar refractivity (Wildman–Crippen MR) is 110 cm³/mol. The Morgan fingerprint density at radius 3 is 2.65 bits per heavy atom. The first-order valence-corrected chi connectivity index (χ1v) is 9.41. The lowest BCUT2D eigenvalue weighted by Crippen LogP contribution is -2.17. The Balaban J connectivity index is 1.55. The van der Waals surface area contributed by atoms with Gasteiger partial charge in [-0.15, -0.1) is 0 Å². The Morgan fingerprint density at radius 2 is 1.92 bits per heavy atom. The van der Waals surface area contributed by atoms with Gasteiger partial charge in [0, 0.05) is 0 Å². The van der Waals surface area contributed by atoms with Crippen molar-refractivity contribution in [2.24, 2.45) is 0 Å². The number of thioether (sulfide) groups is 1. The minimum absolute atomic E-state index is 0.159. The van der Waals surface area contributed by atoms with Gasteiger partial charge in [-0.1, -0.05) is 53.8 Å². The van der Waals surface area contributed by atoms with Crippen LogP contribution in [0.5, 0.6) is 11.5 Å². The minimum Gasteiger partial charge on any atom is -0.490 e. The van der Waals surface area contributed by atoms with E-state index in [4.69, 9.17) is 21.7 Å². The molecule has 0 aromatic heterocycles. The molecule has 6 heteroatoms. The number of rotatable bonds is 6. The zero-order valence-corrected chi connectivity index (χ0v) is 16.2. The van der Waals surface area contributed by atoms with Crippen molar-refractivity contribution in [2.75, 3.05) is 13.2 Å². The number of aryl methyl sites for hydroxylation is 2. The third-order valence-corrected chi connectivity index (χ3v) is 4.90. The number of benzene rings is 2. The highest BCUT2D eigenvalue weighted by Gasteiger charge is 2.21. The number of nitrogens with one attached hydrogen (secondary N) is 1. The highest BCUT2D eigenvalue weighted by molar-refractivity contribution is 8.26. The summed E-state index contributed by atoms with van der Waals surface area (Å²) in [5.41, 5.74) is 3.22. The van der Waals surface area contributed by atoms with Gasteiger partial charge in [-0.05, 0) is 49.2 Å². The van der Waals surface area contributed by atoms with Crippen molar-refractivity contribution in [2.45, 2.75) is 13.8 Å². The van der Waals surface area contributed by atoms with Gasteiger partial charge in [0.1, 0.15) is 29.0 Å². The maximum atomic E-state index is 11.7. The van der Waals surface area contributed by atoms with Crippen LogP contribution in [0, 0.1) is 13.8 Å². The number of ether oxygens (including phenoxy) is 2. The Hall–Kier alpha value is -2.31. The SMILES string of the molecule is Cc1ccc(OCCOc2cccc(C=C3SC(=S)NC3=O)c2)c(C)c1. The van der Waals surface area contributed by atoms with Gasteiger partial charge >= 0.3 is 0 Å². The first-order chi connectivity index (χ1) is 12.5. The number of amides is 1. The summed E-state index contributed by atoms with van der Waals surface area (Å²) in [5.74, 6) is 1.45. The van der Waals surface area contributed by atoms with E-state index < -0.39 is 0 Å². The zero-order valence-electron chi connectivity index (χ0n) is 14.6. The van der Waals surface area contributed by atoms with E-state index in [-0.39, 0.29) is 5.91 Å². The first-order valence-electron chi connectivity index (χ1n) is 8.19. The molecule has 1 heterocycles. The molecule has 2 aromatic carbocycles. The van der Waals surface area contributed by atoms with E-state index in [1.807, 2.05) is 43.3 Å². The average molecular weight is 386 g/mol. The van der Waals surface area contributed by atoms with Crippen LogP contribution in [-0.4, -0.2) is 23.4 Å². The van der Waals surface area contributed by atoms with Gasteiger partial charge in [-0.3, -0.25) is 4.79 Å². The molecule has 1 N–H and O–H groups in total. The molecule has 2 aromatic rings. The van der Waals surface area contributed by atoms with Crippen molar-refractivity contribution in [1.29, 1.82) is 0 Å². The molecular formula is C20H19NO3S2. The van der Waals surface area contributed by atoms with E-state index in [0.29, 0.717) is 22.4 Å². The molecule has 1 saturated heterocycles. The summed E-state index contributed by atoms with van der Waals surface area (Å²) in [6.07, 6.45) is 1.80. The van der Waals surface area contributed by atoms with E-state index in [1.165, 1.54) is 17.3 Å². The van der Waals surface area contributed by atoms with Crippen LogP contribution in [0.25, 0.3) is 6.08 Å². The maximum absolute atomic E-state index is 11.7. The second-order valence-corrected chi connectivity index (χ2v) is 7.61. The molecule has 3 rings (SSSR count). The van der Waals surface area contributed by atoms with Crippen molar-refractivity contribution in [3.8, 4) is 11.5 Å². The standard InChI is InChI=1S/C20H19NO3S2/c1-13-6-7-17(14(2)10-13)24-9-8-23-16-5-3-4-15(11-16)12-18-19(22)21-20(25)26-18/h3-7,10-12H,8-9H2,1-2H3,(H,21,22,25). The van der Waals surface area contributed by atoms with Crippen molar-refractivity contribution in [3.63, 3.8) is 0 Å². The van der Waals surface area contributed by atoms with Crippen LogP contribution in [0.15, 0.2) is 47.4 Å². The highest BCUT2D eigenvalue weighted by Crippen LogP contribution is 2.27. The lowest BCUT2D eigenvalue weighted by atomic mass is 10.1. The van der Waals surface area contributed by atoms with Crippen LogP contribution < -0.4 is 14.8 Å². The number of thiocarbonyl (C=S) groups is 1. The fraction of sp³-hybridized carbons (Fsp3) is 0.200. The molecule has 0 bridgehead atoms. The van der Waals surface area contributed by atoms with Crippen LogP contribution in [0.1, 0.15) is 16.7 Å². The molecule has 26 heavy (non-hydrogen) atoms. The molecular weight excluding hydrogens is 366 g/mol. The molecule has 0 unspecified atom stereocenters. The molecule has 0 saturated carbocycles. The zero-order chi connectivity index (χ0) is 18.5. The van der Waals surface area contributed by atoms with Crippen LogP contribution in [0.2, 0.25) is 0 Å². The monoisotopic (exact) mass is 385 g/mol. The quantitative estimate of drug-likeness (QED) is 0.458. The summed E-state index contributed by atoms with van der Waals surface area (Å²) in [5, 5.41) is 2.61. The second-order valence-electron chi connectivity index (χ2n) is 5.89. The molecule has 1 aliphatic rings. The Bertz CT molecular complexity index is 877. The van der Waals surface area contributed by atoms with E-state index in [1.54, 1.807) is 6.08 Å².